The van der Waals surface area contributed by atoms with Gasteiger partial charge in [-0.2, -0.15) is 0 Å². The van der Waals surface area contributed by atoms with Gasteiger partial charge >= 0.3 is 5.97 Å². The lowest BCUT2D eigenvalue weighted by Crippen LogP contribution is -2.30. The normalized spacial score (nSPS) is 17.2. The number of cyclic esters (lactones) is 1. The summed E-state index contributed by atoms with van der Waals surface area (Å²) in [6, 6.07) is 11.8. The minimum absolute atomic E-state index is 0.228. The molecule has 0 spiro atoms. The number of hydrogen-bond donors (Lipinski definition) is 0. The Morgan fingerprint density at radius 3 is 2.50 bits per heavy atom. The fourth-order valence-corrected chi connectivity index (χ4v) is 2.35. The van der Waals surface area contributed by atoms with Crippen molar-refractivity contribution < 1.29 is 9.53 Å². The Bertz CT molecular complexity index is 591. The molecule has 1 aliphatic heterocycles. The second-order valence-corrected chi connectivity index (χ2v) is 4.61. The lowest BCUT2D eigenvalue weighted by atomic mass is 9.87. The summed E-state index contributed by atoms with van der Waals surface area (Å²) in [6.07, 6.45) is 0. The van der Waals surface area contributed by atoms with Crippen molar-refractivity contribution in [2.75, 3.05) is 0 Å². The van der Waals surface area contributed by atoms with E-state index in [1.807, 2.05) is 50.2 Å². The molecule has 3 rings (SSSR count). The summed E-state index contributed by atoms with van der Waals surface area (Å²) in [4.78, 5) is 11.9. The van der Waals surface area contributed by atoms with Crippen LogP contribution in [0.2, 0.25) is 0 Å². The molecule has 2 heteroatoms. The first-order valence-electron chi connectivity index (χ1n) is 5.35. The van der Waals surface area contributed by atoms with Crippen molar-refractivity contribution in [2.45, 2.75) is 19.4 Å². The number of carbonyl (C=O) groups excluding carboxylic acids is 1. The molecule has 80 valence electrons. The molecule has 0 N–H and O–H groups in total. The second kappa shape index (κ2) is 2.85. The van der Waals surface area contributed by atoms with Crippen molar-refractivity contribution in [2.24, 2.45) is 0 Å². The Morgan fingerprint density at radius 2 is 1.75 bits per heavy atom. The van der Waals surface area contributed by atoms with Crippen molar-refractivity contribution in [1.82, 2.24) is 0 Å². The summed E-state index contributed by atoms with van der Waals surface area (Å²) >= 11 is 0. The van der Waals surface area contributed by atoms with E-state index in [2.05, 4.69) is 0 Å². The van der Waals surface area contributed by atoms with E-state index in [-0.39, 0.29) is 5.97 Å². The Balaban J connectivity index is 2.52. The maximum absolute atomic E-state index is 11.9. The Kier molecular flexibility index (Phi) is 1.67. The van der Waals surface area contributed by atoms with Gasteiger partial charge in [0.15, 0.2) is 0 Å². The van der Waals surface area contributed by atoms with E-state index in [1.54, 1.807) is 0 Å². The van der Waals surface area contributed by atoms with Crippen LogP contribution in [0.3, 0.4) is 0 Å². The first-order chi connectivity index (χ1) is 7.59. The third-order valence-electron chi connectivity index (χ3n) is 3.12. The molecule has 2 nitrogen and oxygen atoms in total. The topological polar surface area (TPSA) is 26.3 Å². The summed E-state index contributed by atoms with van der Waals surface area (Å²) in [5.41, 5.74) is 1.22. The summed E-state index contributed by atoms with van der Waals surface area (Å²) in [6.45, 7) is 3.85. The molecule has 0 aliphatic carbocycles. The summed E-state index contributed by atoms with van der Waals surface area (Å²) in [5.74, 6) is -0.228. The van der Waals surface area contributed by atoms with Crippen LogP contribution in [0.1, 0.15) is 29.8 Å². The lowest BCUT2D eigenvalue weighted by Gasteiger charge is -2.31. The van der Waals surface area contributed by atoms with E-state index in [0.717, 1.165) is 16.3 Å². The predicted molar refractivity (Wildman–Crippen MR) is 62.4 cm³/mol. The van der Waals surface area contributed by atoms with Crippen LogP contribution in [-0.4, -0.2) is 5.97 Å². The highest BCUT2D eigenvalue weighted by molar-refractivity contribution is 6.08. The van der Waals surface area contributed by atoms with E-state index in [1.165, 1.54) is 0 Å². The number of carbonyl (C=O) groups is 1. The van der Waals surface area contributed by atoms with Gasteiger partial charge in [0, 0.05) is 10.9 Å². The van der Waals surface area contributed by atoms with Crippen LogP contribution in [0.25, 0.3) is 10.8 Å². The maximum atomic E-state index is 11.9. The van der Waals surface area contributed by atoms with Crippen LogP contribution >= 0.6 is 0 Å². The van der Waals surface area contributed by atoms with E-state index in [4.69, 9.17) is 4.74 Å². The molecule has 0 saturated heterocycles. The summed E-state index contributed by atoms with van der Waals surface area (Å²) in [7, 11) is 0. The molecule has 0 fully saturated rings. The quantitative estimate of drug-likeness (QED) is 0.626. The molecule has 2 aromatic carbocycles. The van der Waals surface area contributed by atoms with Crippen molar-refractivity contribution in [1.29, 1.82) is 0 Å². The van der Waals surface area contributed by atoms with Gasteiger partial charge in [0.2, 0.25) is 0 Å². The largest absolute Gasteiger partial charge is 0.451 e. The van der Waals surface area contributed by atoms with Gasteiger partial charge in [-0.05, 0) is 25.3 Å². The van der Waals surface area contributed by atoms with Gasteiger partial charge in [-0.1, -0.05) is 30.3 Å². The van der Waals surface area contributed by atoms with Gasteiger partial charge in [-0.15, -0.1) is 0 Å². The molecule has 1 aliphatic rings. The second-order valence-electron chi connectivity index (χ2n) is 4.61. The average molecular weight is 212 g/mol. The summed E-state index contributed by atoms with van der Waals surface area (Å²) in [5, 5.41) is 2.13. The molecule has 0 atom stereocenters. The first kappa shape index (κ1) is 9.40. The van der Waals surface area contributed by atoms with Crippen LogP contribution in [-0.2, 0) is 10.3 Å². The fraction of sp³-hybridized carbons (Fsp3) is 0.214. The van der Waals surface area contributed by atoms with Gasteiger partial charge in [0.25, 0.3) is 0 Å². The van der Waals surface area contributed by atoms with Gasteiger partial charge < -0.3 is 4.74 Å². The SMILES string of the molecule is CC1(C)OC(=O)c2cccc3cccc1c23. The molecule has 0 unspecified atom stereocenters. The Labute approximate surface area is 93.8 Å². The number of hydrogen-bond acceptors (Lipinski definition) is 2. The molecule has 0 amide bonds. The van der Waals surface area contributed by atoms with Crippen molar-refractivity contribution in [3.63, 3.8) is 0 Å². The lowest BCUT2D eigenvalue weighted by molar-refractivity contribution is -0.00485. The molecular weight excluding hydrogens is 200 g/mol. The van der Waals surface area contributed by atoms with Crippen molar-refractivity contribution >= 4 is 16.7 Å². The zero-order valence-corrected chi connectivity index (χ0v) is 9.28. The molecule has 0 aromatic heterocycles. The van der Waals surface area contributed by atoms with Crippen LogP contribution < -0.4 is 0 Å². The zero-order chi connectivity index (χ0) is 11.3. The molecule has 1 heterocycles. The van der Waals surface area contributed by atoms with E-state index < -0.39 is 5.60 Å². The number of ether oxygens (including phenoxy) is 1. The van der Waals surface area contributed by atoms with E-state index >= 15 is 0 Å². The highest BCUT2D eigenvalue weighted by atomic mass is 16.6. The Morgan fingerprint density at radius 1 is 1.06 bits per heavy atom. The fourth-order valence-electron chi connectivity index (χ4n) is 2.35. The van der Waals surface area contributed by atoms with Gasteiger partial charge in [0.1, 0.15) is 5.60 Å². The van der Waals surface area contributed by atoms with Gasteiger partial charge in [-0.25, -0.2) is 4.79 Å². The molecule has 2 aromatic rings. The molecule has 16 heavy (non-hydrogen) atoms. The van der Waals surface area contributed by atoms with E-state index in [9.17, 15) is 4.79 Å². The van der Waals surface area contributed by atoms with Crippen LogP contribution in [0.5, 0.6) is 0 Å². The third kappa shape index (κ3) is 1.10. The standard InChI is InChI=1S/C14H12O2/c1-14(2)11-8-4-6-9-5-3-7-10(12(9)11)13(15)16-14/h3-8H,1-2H3. The minimum Gasteiger partial charge on any atom is -0.451 e. The van der Waals surface area contributed by atoms with Crippen LogP contribution in [0.4, 0.5) is 0 Å². The van der Waals surface area contributed by atoms with Crippen molar-refractivity contribution in [3.8, 4) is 0 Å². The zero-order valence-electron chi connectivity index (χ0n) is 9.28. The first-order valence-corrected chi connectivity index (χ1v) is 5.35. The van der Waals surface area contributed by atoms with Gasteiger partial charge in [-0.3, -0.25) is 0 Å². The average Bonchev–Trinajstić information content (AvgIpc) is 2.25. The maximum Gasteiger partial charge on any atom is 0.339 e. The van der Waals surface area contributed by atoms with Crippen LogP contribution in [0, 0.1) is 0 Å². The third-order valence-corrected chi connectivity index (χ3v) is 3.12. The monoisotopic (exact) mass is 212 g/mol. The Hall–Kier alpha value is -1.83. The van der Waals surface area contributed by atoms with Crippen LogP contribution in [0.15, 0.2) is 36.4 Å². The van der Waals surface area contributed by atoms with E-state index in [0.29, 0.717) is 5.56 Å². The molecule has 0 radical (unpaired) electrons. The number of benzene rings is 2. The highest BCUT2D eigenvalue weighted by Crippen LogP contribution is 2.38. The molecule has 0 saturated carbocycles. The predicted octanol–water partition coefficient (Wildman–Crippen LogP) is 3.25. The number of rotatable bonds is 0. The smallest absolute Gasteiger partial charge is 0.339 e. The number of esters is 1. The molecule has 0 bridgehead atoms. The van der Waals surface area contributed by atoms with Gasteiger partial charge in [0.05, 0.1) is 5.56 Å². The molecular formula is C14H12O2. The minimum atomic E-state index is -0.537. The van der Waals surface area contributed by atoms with Crippen molar-refractivity contribution in [3.05, 3.63) is 47.5 Å². The summed E-state index contributed by atoms with van der Waals surface area (Å²) < 4.78 is 5.45. The highest BCUT2D eigenvalue weighted by Gasteiger charge is 2.34.